The SMILES string of the molecule is [Si]C(Nc1ccccc1)Nc1ccccc1. The topological polar surface area (TPSA) is 24.1 Å². The lowest BCUT2D eigenvalue weighted by molar-refractivity contribution is 1.12. The van der Waals surface area contributed by atoms with Crippen molar-refractivity contribution in [2.24, 2.45) is 0 Å². The standard InChI is InChI=1S/C13H13N2Si/c16-13(14-11-7-3-1-4-8-11)15-12-9-5-2-6-10-12/h1-10,13-15H. The van der Waals surface area contributed by atoms with Gasteiger partial charge in [0.05, 0.1) is 16.0 Å². The van der Waals surface area contributed by atoms with Crippen LogP contribution in [0.2, 0.25) is 0 Å². The molecule has 79 valence electrons. The van der Waals surface area contributed by atoms with Crippen molar-refractivity contribution in [1.29, 1.82) is 0 Å². The first kappa shape index (κ1) is 10.8. The van der Waals surface area contributed by atoms with Crippen LogP contribution in [0.4, 0.5) is 11.4 Å². The second kappa shape index (κ2) is 5.37. The maximum atomic E-state index is 3.58. The van der Waals surface area contributed by atoms with E-state index in [1.165, 1.54) is 0 Å². The molecule has 2 aromatic carbocycles. The lowest BCUT2D eigenvalue weighted by Crippen LogP contribution is -2.28. The van der Waals surface area contributed by atoms with Gasteiger partial charge in [0.15, 0.2) is 0 Å². The quantitative estimate of drug-likeness (QED) is 0.617. The third-order valence-electron chi connectivity index (χ3n) is 2.17. The minimum Gasteiger partial charge on any atom is -0.369 e. The minimum absolute atomic E-state index is 0.00444. The van der Waals surface area contributed by atoms with E-state index in [4.69, 9.17) is 0 Å². The lowest BCUT2D eigenvalue weighted by atomic mass is 10.3. The Hall–Kier alpha value is -1.74. The van der Waals surface area contributed by atoms with Crippen LogP contribution in [-0.4, -0.2) is 16.0 Å². The maximum Gasteiger partial charge on any atom is 0.0866 e. The van der Waals surface area contributed by atoms with Crippen LogP contribution < -0.4 is 10.6 Å². The summed E-state index contributed by atoms with van der Waals surface area (Å²) < 4.78 is 0. The molecular formula is C13H13N2Si. The summed E-state index contributed by atoms with van der Waals surface area (Å²) in [6.45, 7) is 0. The van der Waals surface area contributed by atoms with Gasteiger partial charge in [-0.25, -0.2) is 0 Å². The zero-order chi connectivity index (χ0) is 11.2. The maximum absolute atomic E-state index is 3.58. The van der Waals surface area contributed by atoms with E-state index in [1.807, 2.05) is 60.7 Å². The zero-order valence-corrected chi connectivity index (χ0v) is 9.85. The van der Waals surface area contributed by atoms with E-state index in [2.05, 4.69) is 20.9 Å². The van der Waals surface area contributed by atoms with Crippen LogP contribution in [0.25, 0.3) is 0 Å². The molecule has 2 rings (SSSR count). The summed E-state index contributed by atoms with van der Waals surface area (Å²) in [5.41, 5.74) is 2.15. The van der Waals surface area contributed by atoms with Gasteiger partial charge in [-0.05, 0) is 24.3 Å². The molecule has 3 radical (unpaired) electrons. The number of nitrogens with one attached hydrogen (secondary N) is 2. The van der Waals surface area contributed by atoms with Gasteiger partial charge in [-0.3, -0.25) is 0 Å². The van der Waals surface area contributed by atoms with Gasteiger partial charge >= 0.3 is 0 Å². The average Bonchev–Trinajstić information content (AvgIpc) is 2.31. The highest BCUT2D eigenvalue weighted by Gasteiger charge is 2.00. The highest BCUT2D eigenvalue weighted by atomic mass is 28.1. The summed E-state index contributed by atoms with van der Waals surface area (Å²) >= 11 is 0. The molecule has 0 aliphatic carbocycles. The molecule has 0 aromatic heterocycles. The first-order valence-corrected chi connectivity index (χ1v) is 5.76. The molecule has 0 spiro atoms. The first-order chi connectivity index (χ1) is 7.84. The molecule has 0 amide bonds. The van der Waals surface area contributed by atoms with Crippen molar-refractivity contribution in [2.75, 3.05) is 10.6 Å². The van der Waals surface area contributed by atoms with Gasteiger partial charge in [0, 0.05) is 11.4 Å². The van der Waals surface area contributed by atoms with Crippen molar-refractivity contribution in [3.8, 4) is 0 Å². The number of hydrogen-bond acceptors (Lipinski definition) is 2. The number of rotatable bonds is 4. The monoisotopic (exact) mass is 225 g/mol. The van der Waals surface area contributed by atoms with E-state index < -0.39 is 0 Å². The lowest BCUT2D eigenvalue weighted by Gasteiger charge is -2.18. The Morgan fingerprint density at radius 3 is 1.44 bits per heavy atom. The molecular weight excluding hydrogens is 212 g/mol. The van der Waals surface area contributed by atoms with Gasteiger partial charge in [0.25, 0.3) is 0 Å². The molecule has 2 nitrogen and oxygen atoms in total. The van der Waals surface area contributed by atoms with Crippen molar-refractivity contribution in [1.82, 2.24) is 0 Å². The van der Waals surface area contributed by atoms with E-state index in [0.29, 0.717) is 0 Å². The van der Waals surface area contributed by atoms with Crippen molar-refractivity contribution < 1.29 is 0 Å². The summed E-state index contributed by atoms with van der Waals surface area (Å²) in [4.78, 5) is 0. The Morgan fingerprint density at radius 1 is 0.688 bits per heavy atom. The van der Waals surface area contributed by atoms with Gasteiger partial charge < -0.3 is 10.6 Å². The fourth-order valence-corrected chi connectivity index (χ4v) is 1.77. The third-order valence-corrected chi connectivity index (χ3v) is 2.46. The van der Waals surface area contributed by atoms with Crippen LogP contribution >= 0.6 is 0 Å². The molecule has 2 N–H and O–H groups in total. The van der Waals surface area contributed by atoms with E-state index >= 15 is 0 Å². The molecule has 0 saturated carbocycles. The Kier molecular flexibility index (Phi) is 3.61. The normalized spacial score (nSPS) is 10.1. The summed E-state index contributed by atoms with van der Waals surface area (Å²) in [7, 11) is 3.58. The van der Waals surface area contributed by atoms with E-state index in [0.717, 1.165) is 11.4 Å². The fourth-order valence-electron chi connectivity index (χ4n) is 1.44. The molecule has 2 aromatic rings. The van der Waals surface area contributed by atoms with Gasteiger partial charge in [0.1, 0.15) is 0 Å². The smallest absolute Gasteiger partial charge is 0.0866 e. The van der Waals surface area contributed by atoms with Gasteiger partial charge in [0.2, 0.25) is 0 Å². The van der Waals surface area contributed by atoms with Gasteiger partial charge in [-0.2, -0.15) is 0 Å². The largest absolute Gasteiger partial charge is 0.369 e. The Labute approximate surface area is 99.1 Å². The zero-order valence-electron chi connectivity index (χ0n) is 8.85. The average molecular weight is 225 g/mol. The van der Waals surface area contributed by atoms with Gasteiger partial charge in [-0.1, -0.05) is 36.4 Å². The van der Waals surface area contributed by atoms with E-state index in [-0.39, 0.29) is 5.79 Å². The van der Waals surface area contributed by atoms with Crippen LogP contribution in [0.5, 0.6) is 0 Å². The van der Waals surface area contributed by atoms with Crippen molar-refractivity contribution in [3.05, 3.63) is 60.7 Å². The minimum atomic E-state index is 0.00444. The molecule has 0 bridgehead atoms. The van der Waals surface area contributed by atoms with Crippen molar-refractivity contribution in [2.45, 2.75) is 5.79 Å². The summed E-state index contributed by atoms with van der Waals surface area (Å²) in [5, 5.41) is 6.59. The summed E-state index contributed by atoms with van der Waals surface area (Å²) in [6, 6.07) is 20.1. The number of benzene rings is 2. The second-order valence-electron chi connectivity index (χ2n) is 3.45. The molecule has 16 heavy (non-hydrogen) atoms. The highest BCUT2D eigenvalue weighted by molar-refractivity contribution is 6.14. The first-order valence-electron chi connectivity index (χ1n) is 5.19. The highest BCUT2D eigenvalue weighted by Crippen LogP contribution is 2.09. The second-order valence-corrected chi connectivity index (χ2v) is 4.03. The van der Waals surface area contributed by atoms with Crippen LogP contribution in [0.3, 0.4) is 0 Å². The van der Waals surface area contributed by atoms with Crippen LogP contribution in [0, 0.1) is 0 Å². The molecule has 0 unspecified atom stereocenters. The summed E-state index contributed by atoms with van der Waals surface area (Å²) in [6.07, 6.45) is 0. The van der Waals surface area contributed by atoms with Crippen LogP contribution in [0.15, 0.2) is 60.7 Å². The molecule has 0 saturated heterocycles. The molecule has 0 atom stereocenters. The molecule has 0 aliphatic heterocycles. The van der Waals surface area contributed by atoms with E-state index in [1.54, 1.807) is 0 Å². The molecule has 3 heteroatoms. The van der Waals surface area contributed by atoms with Crippen molar-refractivity contribution >= 4 is 21.6 Å². The fraction of sp³-hybridized carbons (Fsp3) is 0.0769. The van der Waals surface area contributed by atoms with Crippen LogP contribution in [0.1, 0.15) is 0 Å². The summed E-state index contributed by atoms with van der Waals surface area (Å²) in [5.74, 6) is 0.00444. The number of anilines is 2. The van der Waals surface area contributed by atoms with Crippen LogP contribution in [-0.2, 0) is 0 Å². The third kappa shape index (κ3) is 3.14. The van der Waals surface area contributed by atoms with Crippen molar-refractivity contribution in [3.63, 3.8) is 0 Å². The molecule has 0 fully saturated rings. The Morgan fingerprint density at radius 2 is 1.06 bits per heavy atom. The number of hydrogen-bond donors (Lipinski definition) is 2. The Balaban J connectivity index is 1.92. The van der Waals surface area contributed by atoms with Gasteiger partial charge in [-0.15, -0.1) is 0 Å². The van der Waals surface area contributed by atoms with E-state index in [9.17, 15) is 0 Å². The Bertz CT molecular complexity index is 375. The number of para-hydroxylation sites is 2. The molecule has 0 aliphatic rings. The predicted octanol–water partition coefficient (Wildman–Crippen LogP) is 2.66. The predicted molar refractivity (Wildman–Crippen MR) is 69.7 cm³/mol. The molecule has 0 heterocycles.